The predicted octanol–water partition coefficient (Wildman–Crippen LogP) is 4.99. The Bertz CT molecular complexity index is 1540. The third kappa shape index (κ3) is 3.52. The molecule has 2 heterocycles. The molecule has 1 unspecified atom stereocenters. The summed E-state index contributed by atoms with van der Waals surface area (Å²) in [6.07, 6.45) is 3.36. The summed E-state index contributed by atoms with van der Waals surface area (Å²) >= 11 is 3.54. The van der Waals surface area contributed by atoms with Crippen molar-refractivity contribution in [3.63, 3.8) is 0 Å². The largest absolute Gasteiger partial charge is 0.374 e. The van der Waals surface area contributed by atoms with Crippen molar-refractivity contribution in [3.8, 4) is 11.1 Å². The number of pyridine rings is 1. The van der Waals surface area contributed by atoms with Crippen LogP contribution < -0.4 is 5.56 Å². The number of aliphatic hydroxyl groups is 1. The minimum atomic E-state index is -1.45. The fraction of sp³-hybridized carbons (Fsp3) is 0.111. The van der Waals surface area contributed by atoms with Crippen molar-refractivity contribution in [1.29, 1.82) is 0 Å². The highest BCUT2D eigenvalue weighted by atomic mass is 79.9. The van der Waals surface area contributed by atoms with E-state index in [4.69, 9.17) is 0 Å². The molecular formula is C27H22BrN3O2. The molecule has 164 valence electrons. The molecular weight excluding hydrogens is 478 g/mol. The molecule has 5 aromatic rings. The zero-order chi connectivity index (χ0) is 23.2. The van der Waals surface area contributed by atoms with Crippen molar-refractivity contribution in [2.75, 3.05) is 0 Å². The fourth-order valence-electron chi connectivity index (χ4n) is 4.42. The summed E-state index contributed by atoms with van der Waals surface area (Å²) in [5.74, 6) is 0. The molecule has 0 aliphatic heterocycles. The Kier molecular flexibility index (Phi) is 5.27. The number of benzene rings is 3. The van der Waals surface area contributed by atoms with Gasteiger partial charge in [-0.1, -0.05) is 64.5 Å². The number of imidazole rings is 1. The van der Waals surface area contributed by atoms with Gasteiger partial charge in [-0.15, -0.1) is 0 Å². The van der Waals surface area contributed by atoms with E-state index in [0.717, 1.165) is 26.5 Å². The molecule has 0 amide bonds. The SMILES string of the molecule is Cn1cncc1C(O)(c1cccc(Br)c1)c1ccc2c(c1)c(-c1ccccc1)cc(=O)n2C. The van der Waals surface area contributed by atoms with E-state index in [2.05, 4.69) is 20.9 Å². The maximum absolute atomic E-state index is 12.7. The summed E-state index contributed by atoms with van der Waals surface area (Å²) in [5.41, 5.74) is 3.09. The number of aryl methyl sites for hydroxylation is 2. The van der Waals surface area contributed by atoms with E-state index < -0.39 is 5.60 Å². The number of halogens is 1. The molecule has 1 N–H and O–H groups in total. The lowest BCUT2D eigenvalue weighted by Gasteiger charge is -2.30. The lowest BCUT2D eigenvalue weighted by atomic mass is 9.82. The Hall–Kier alpha value is -3.48. The van der Waals surface area contributed by atoms with Crippen molar-refractivity contribution >= 4 is 26.8 Å². The molecule has 0 saturated heterocycles. The van der Waals surface area contributed by atoms with Gasteiger partial charge in [0.15, 0.2) is 5.60 Å². The monoisotopic (exact) mass is 499 g/mol. The fourth-order valence-corrected chi connectivity index (χ4v) is 4.82. The van der Waals surface area contributed by atoms with E-state index in [-0.39, 0.29) is 5.56 Å². The molecule has 0 aliphatic carbocycles. The maximum atomic E-state index is 12.7. The zero-order valence-electron chi connectivity index (χ0n) is 18.2. The lowest BCUT2D eigenvalue weighted by molar-refractivity contribution is 0.117. The van der Waals surface area contributed by atoms with Gasteiger partial charge in [-0.25, -0.2) is 4.98 Å². The molecule has 3 aromatic carbocycles. The van der Waals surface area contributed by atoms with E-state index in [1.165, 1.54) is 0 Å². The predicted molar refractivity (Wildman–Crippen MR) is 134 cm³/mol. The first kappa shape index (κ1) is 21.4. The molecule has 5 nitrogen and oxygen atoms in total. The Morgan fingerprint density at radius 3 is 2.36 bits per heavy atom. The molecule has 33 heavy (non-hydrogen) atoms. The molecule has 0 bridgehead atoms. The second kappa shape index (κ2) is 8.14. The van der Waals surface area contributed by atoms with Crippen LogP contribution in [0.4, 0.5) is 0 Å². The van der Waals surface area contributed by atoms with E-state index in [1.54, 1.807) is 30.2 Å². The van der Waals surface area contributed by atoms with Crippen LogP contribution in [0.3, 0.4) is 0 Å². The molecule has 0 fully saturated rings. The van der Waals surface area contributed by atoms with Gasteiger partial charge in [0.05, 0.1) is 23.7 Å². The Morgan fingerprint density at radius 1 is 0.909 bits per heavy atom. The third-order valence-corrected chi connectivity index (χ3v) is 6.67. The van der Waals surface area contributed by atoms with E-state index in [1.807, 2.05) is 84.4 Å². The molecule has 0 spiro atoms. The number of rotatable bonds is 4. The first-order chi connectivity index (χ1) is 15.9. The second-order valence-electron chi connectivity index (χ2n) is 8.16. The van der Waals surface area contributed by atoms with Gasteiger partial charge < -0.3 is 14.2 Å². The highest BCUT2D eigenvalue weighted by Gasteiger charge is 2.37. The zero-order valence-corrected chi connectivity index (χ0v) is 19.8. The minimum Gasteiger partial charge on any atom is -0.374 e. The summed E-state index contributed by atoms with van der Waals surface area (Å²) in [7, 11) is 3.63. The van der Waals surface area contributed by atoms with Gasteiger partial charge in [-0.05, 0) is 46.5 Å². The highest BCUT2D eigenvalue weighted by Crippen LogP contribution is 2.39. The van der Waals surface area contributed by atoms with Gasteiger partial charge in [0.2, 0.25) is 0 Å². The van der Waals surface area contributed by atoms with Crippen LogP contribution >= 0.6 is 15.9 Å². The van der Waals surface area contributed by atoms with Crippen LogP contribution in [0.15, 0.2) is 101 Å². The molecule has 2 aromatic heterocycles. The van der Waals surface area contributed by atoms with Crippen molar-refractivity contribution in [2.24, 2.45) is 14.1 Å². The van der Waals surface area contributed by atoms with Crippen LogP contribution in [-0.2, 0) is 19.7 Å². The maximum Gasteiger partial charge on any atom is 0.251 e. The van der Waals surface area contributed by atoms with Gasteiger partial charge in [0.1, 0.15) is 0 Å². The topological polar surface area (TPSA) is 60.0 Å². The first-order valence-electron chi connectivity index (χ1n) is 10.5. The van der Waals surface area contributed by atoms with Gasteiger partial charge in [0, 0.05) is 30.0 Å². The van der Waals surface area contributed by atoms with Crippen LogP contribution in [0.1, 0.15) is 16.8 Å². The normalized spacial score (nSPS) is 13.2. The van der Waals surface area contributed by atoms with Gasteiger partial charge >= 0.3 is 0 Å². The first-order valence-corrected chi connectivity index (χ1v) is 11.3. The average molecular weight is 500 g/mol. The van der Waals surface area contributed by atoms with Crippen LogP contribution in [0.25, 0.3) is 22.0 Å². The number of aromatic nitrogens is 3. The molecule has 1 atom stereocenters. The van der Waals surface area contributed by atoms with Gasteiger partial charge in [-0.3, -0.25) is 4.79 Å². The van der Waals surface area contributed by atoms with Crippen molar-refractivity contribution in [3.05, 3.63) is 123 Å². The standard InChI is InChI=1S/C27H22BrN3O2/c1-30-17-29-16-25(30)27(33,19-9-6-10-21(28)13-19)20-11-12-24-23(14-20)22(15-26(32)31(24)2)18-7-4-3-5-8-18/h3-17,33H,1-2H3. The van der Waals surface area contributed by atoms with E-state index in [9.17, 15) is 9.90 Å². The molecule has 0 saturated carbocycles. The third-order valence-electron chi connectivity index (χ3n) is 6.18. The lowest BCUT2D eigenvalue weighted by Crippen LogP contribution is -2.31. The second-order valence-corrected chi connectivity index (χ2v) is 9.08. The Labute approximate surface area is 199 Å². The summed E-state index contributed by atoms with van der Waals surface area (Å²) in [6.45, 7) is 0. The van der Waals surface area contributed by atoms with Crippen LogP contribution in [0.2, 0.25) is 0 Å². The van der Waals surface area contributed by atoms with Crippen LogP contribution in [0.5, 0.6) is 0 Å². The Morgan fingerprint density at radius 2 is 1.67 bits per heavy atom. The summed E-state index contributed by atoms with van der Waals surface area (Å²) in [4.78, 5) is 17.0. The Balaban J connectivity index is 1.85. The van der Waals surface area contributed by atoms with Crippen LogP contribution in [0, 0.1) is 0 Å². The number of hydrogen-bond acceptors (Lipinski definition) is 3. The molecule has 6 heteroatoms. The number of hydrogen-bond donors (Lipinski definition) is 1. The quantitative estimate of drug-likeness (QED) is 0.379. The van der Waals surface area contributed by atoms with Crippen molar-refractivity contribution in [2.45, 2.75) is 5.60 Å². The number of nitrogens with zero attached hydrogens (tertiary/aromatic N) is 3. The number of fused-ring (bicyclic) bond motifs is 1. The summed E-state index contributed by atoms with van der Waals surface area (Å²) < 4.78 is 4.33. The van der Waals surface area contributed by atoms with Gasteiger partial charge in [0.25, 0.3) is 5.56 Å². The summed E-state index contributed by atoms with van der Waals surface area (Å²) in [5, 5.41) is 13.2. The van der Waals surface area contributed by atoms with E-state index in [0.29, 0.717) is 16.8 Å². The average Bonchev–Trinajstić information content (AvgIpc) is 3.27. The van der Waals surface area contributed by atoms with Crippen molar-refractivity contribution in [1.82, 2.24) is 14.1 Å². The molecule has 5 rings (SSSR count). The van der Waals surface area contributed by atoms with Crippen molar-refractivity contribution < 1.29 is 5.11 Å². The van der Waals surface area contributed by atoms with Crippen LogP contribution in [-0.4, -0.2) is 19.2 Å². The highest BCUT2D eigenvalue weighted by molar-refractivity contribution is 9.10. The summed E-state index contributed by atoms with van der Waals surface area (Å²) in [6, 6.07) is 24.9. The molecule has 0 aliphatic rings. The smallest absolute Gasteiger partial charge is 0.251 e. The van der Waals surface area contributed by atoms with Gasteiger partial charge in [-0.2, -0.15) is 0 Å². The minimum absolute atomic E-state index is 0.0806. The van der Waals surface area contributed by atoms with E-state index >= 15 is 0 Å². The molecule has 0 radical (unpaired) electrons.